The maximum Gasteiger partial charge on any atom is 0.335 e. The number of aromatic nitrogens is 2. The zero-order chi connectivity index (χ0) is 9.10. The number of ether oxygens (including phenoxy) is 1. The first-order chi connectivity index (χ1) is 6.34. The highest BCUT2D eigenvalue weighted by Gasteiger charge is 2.12. The van der Waals surface area contributed by atoms with Gasteiger partial charge in [0, 0.05) is 13.1 Å². The fourth-order valence-corrected chi connectivity index (χ4v) is 1.15. The second kappa shape index (κ2) is 3.71. The van der Waals surface area contributed by atoms with E-state index >= 15 is 0 Å². The lowest BCUT2D eigenvalue weighted by Crippen LogP contribution is -2.40. The number of hydrazine groups is 1. The highest BCUT2D eigenvalue weighted by Crippen LogP contribution is 2.05. The predicted octanol–water partition coefficient (Wildman–Crippen LogP) is 0.0371. The van der Waals surface area contributed by atoms with E-state index in [1.807, 2.05) is 5.01 Å². The van der Waals surface area contributed by atoms with E-state index in [9.17, 15) is 0 Å². The third-order valence-electron chi connectivity index (χ3n) is 1.79. The summed E-state index contributed by atoms with van der Waals surface area (Å²) in [6.07, 6.45) is 0. The van der Waals surface area contributed by atoms with Crippen LogP contribution < -0.4 is 5.43 Å². The summed E-state index contributed by atoms with van der Waals surface area (Å²) in [7, 11) is 0. The van der Waals surface area contributed by atoms with Gasteiger partial charge in [0.05, 0.1) is 13.2 Å². The molecule has 0 saturated carbocycles. The molecule has 1 saturated heterocycles. The second-order valence-electron chi connectivity index (χ2n) is 2.86. The molecule has 2 rings (SSSR count). The molecule has 6 heteroatoms. The van der Waals surface area contributed by atoms with Crippen molar-refractivity contribution in [1.82, 2.24) is 15.1 Å². The van der Waals surface area contributed by atoms with Crippen molar-refractivity contribution >= 4 is 6.01 Å². The molecule has 72 valence electrons. The van der Waals surface area contributed by atoms with Crippen LogP contribution in [-0.4, -0.2) is 41.5 Å². The molecule has 1 aliphatic heterocycles. The average Bonchev–Trinajstić information content (AvgIpc) is 2.53. The number of nitrogens with zero attached hydrogens (tertiary/aromatic N) is 3. The van der Waals surface area contributed by atoms with Gasteiger partial charge < -0.3 is 9.26 Å². The molecule has 1 aromatic rings. The van der Waals surface area contributed by atoms with E-state index in [1.54, 1.807) is 6.92 Å². The summed E-state index contributed by atoms with van der Waals surface area (Å²) in [5, 5.41) is 5.67. The molecular formula is C7H12N4O2. The van der Waals surface area contributed by atoms with Crippen LogP contribution in [0.15, 0.2) is 4.52 Å². The van der Waals surface area contributed by atoms with Gasteiger partial charge in [0.15, 0.2) is 5.82 Å². The third kappa shape index (κ3) is 2.16. The minimum Gasteiger partial charge on any atom is -0.379 e. The maximum atomic E-state index is 5.19. The van der Waals surface area contributed by atoms with Gasteiger partial charge >= 0.3 is 6.01 Å². The smallest absolute Gasteiger partial charge is 0.335 e. The fourth-order valence-electron chi connectivity index (χ4n) is 1.15. The monoisotopic (exact) mass is 184 g/mol. The van der Waals surface area contributed by atoms with Gasteiger partial charge in [-0.3, -0.25) is 5.43 Å². The first-order valence-electron chi connectivity index (χ1n) is 4.24. The van der Waals surface area contributed by atoms with E-state index in [4.69, 9.17) is 9.26 Å². The van der Waals surface area contributed by atoms with Gasteiger partial charge in [0.1, 0.15) is 0 Å². The van der Waals surface area contributed by atoms with E-state index in [2.05, 4.69) is 15.6 Å². The van der Waals surface area contributed by atoms with Crippen molar-refractivity contribution < 1.29 is 9.26 Å². The van der Waals surface area contributed by atoms with Gasteiger partial charge in [-0.1, -0.05) is 5.16 Å². The molecule has 1 aliphatic rings. The van der Waals surface area contributed by atoms with Crippen molar-refractivity contribution in [3.8, 4) is 0 Å². The highest BCUT2D eigenvalue weighted by atomic mass is 16.5. The normalized spacial score (nSPS) is 18.8. The van der Waals surface area contributed by atoms with Crippen molar-refractivity contribution in [3.05, 3.63) is 5.82 Å². The Labute approximate surface area is 75.8 Å². The third-order valence-corrected chi connectivity index (χ3v) is 1.79. The molecule has 1 fully saturated rings. The summed E-state index contributed by atoms with van der Waals surface area (Å²) in [6.45, 7) is 4.93. The molecular weight excluding hydrogens is 172 g/mol. The van der Waals surface area contributed by atoms with Crippen LogP contribution in [0.2, 0.25) is 0 Å². The summed E-state index contributed by atoms with van der Waals surface area (Å²) >= 11 is 0. The molecule has 0 atom stereocenters. The quantitative estimate of drug-likeness (QED) is 0.700. The lowest BCUT2D eigenvalue weighted by Gasteiger charge is -2.25. The van der Waals surface area contributed by atoms with E-state index in [0.717, 1.165) is 26.3 Å². The Kier molecular flexibility index (Phi) is 2.42. The maximum absolute atomic E-state index is 5.19. The summed E-state index contributed by atoms with van der Waals surface area (Å²) in [5.74, 6) is 0.635. The Balaban J connectivity index is 1.89. The van der Waals surface area contributed by atoms with Gasteiger partial charge in [-0.05, 0) is 6.92 Å². The summed E-state index contributed by atoms with van der Waals surface area (Å²) in [5.41, 5.74) is 3.01. The van der Waals surface area contributed by atoms with Crippen LogP contribution in [0.1, 0.15) is 5.82 Å². The van der Waals surface area contributed by atoms with E-state index in [-0.39, 0.29) is 0 Å². The first kappa shape index (κ1) is 8.46. The summed E-state index contributed by atoms with van der Waals surface area (Å²) in [6, 6.07) is 0.444. The molecule has 6 nitrogen and oxygen atoms in total. The van der Waals surface area contributed by atoms with E-state index < -0.39 is 0 Å². The SMILES string of the molecule is Cc1noc(NN2CCOCC2)n1. The van der Waals surface area contributed by atoms with Crippen molar-refractivity contribution in [2.45, 2.75) is 6.92 Å². The standard InChI is InChI=1S/C7H12N4O2/c1-6-8-7(13-10-6)9-11-2-4-12-5-3-11/h2-5H2,1H3,(H,8,9,10). The zero-order valence-electron chi connectivity index (χ0n) is 7.49. The van der Waals surface area contributed by atoms with E-state index in [0.29, 0.717) is 11.8 Å². The Bertz CT molecular complexity index is 269. The first-order valence-corrected chi connectivity index (χ1v) is 4.24. The zero-order valence-corrected chi connectivity index (χ0v) is 7.49. The molecule has 0 amide bonds. The molecule has 1 aromatic heterocycles. The number of anilines is 1. The Morgan fingerprint density at radius 2 is 2.15 bits per heavy atom. The highest BCUT2D eigenvalue weighted by molar-refractivity contribution is 5.15. The number of nitrogens with one attached hydrogen (secondary N) is 1. The summed E-state index contributed by atoms with van der Waals surface area (Å²) in [4.78, 5) is 4.03. The molecule has 1 N–H and O–H groups in total. The van der Waals surface area contributed by atoms with Gasteiger partial charge in [0.25, 0.3) is 0 Å². The largest absolute Gasteiger partial charge is 0.379 e. The van der Waals surface area contributed by atoms with Crippen LogP contribution in [-0.2, 0) is 4.74 Å². The molecule has 0 aromatic carbocycles. The van der Waals surface area contributed by atoms with Crippen molar-refractivity contribution in [2.24, 2.45) is 0 Å². The topological polar surface area (TPSA) is 63.4 Å². The average molecular weight is 184 g/mol. The fraction of sp³-hybridized carbons (Fsp3) is 0.714. The Morgan fingerprint density at radius 3 is 2.77 bits per heavy atom. The van der Waals surface area contributed by atoms with Gasteiger partial charge in [-0.2, -0.15) is 4.98 Å². The van der Waals surface area contributed by atoms with Gasteiger partial charge in [0.2, 0.25) is 0 Å². The molecule has 0 unspecified atom stereocenters. The van der Waals surface area contributed by atoms with Crippen molar-refractivity contribution in [1.29, 1.82) is 0 Å². The van der Waals surface area contributed by atoms with Crippen molar-refractivity contribution in [2.75, 3.05) is 31.7 Å². The second-order valence-corrected chi connectivity index (χ2v) is 2.86. The van der Waals surface area contributed by atoms with Crippen LogP contribution in [0.25, 0.3) is 0 Å². The number of hydrogen-bond donors (Lipinski definition) is 1. The lowest BCUT2D eigenvalue weighted by molar-refractivity contribution is 0.0480. The number of aryl methyl sites for hydroxylation is 1. The molecule has 13 heavy (non-hydrogen) atoms. The number of rotatable bonds is 2. The molecule has 0 aliphatic carbocycles. The predicted molar refractivity (Wildman–Crippen MR) is 45.0 cm³/mol. The molecule has 0 spiro atoms. The van der Waals surface area contributed by atoms with E-state index in [1.165, 1.54) is 0 Å². The molecule has 0 bridgehead atoms. The Hall–Kier alpha value is -1.14. The lowest BCUT2D eigenvalue weighted by atomic mass is 10.5. The van der Waals surface area contributed by atoms with Gasteiger partial charge in [-0.15, -0.1) is 0 Å². The van der Waals surface area contributed by atoms with Crippen LogP contribution in [0.3, 0.4) is 0 Å². The van der Waals surface area contributed by atoms with Crippen LogP contribution in [0.5, 0.6) is 0 Å². The number of morpholine rings is 1. The molecule has 0 radical (unpaired) electrons. The minimum absolute atomic E-state index is 0.444. The van der Waals surface area contributed by atoms with Gasteiger partial charge in [-0.25, -0.2) is 5.01 Å². The number of hydrogen-bond acceptors (Lipinski definition) is 6. The van der Waals surface area contributed by atoms with Crippen LogP contribution in [0.4, 0.5) is 6.01 Å². The molecule has 2 heterocycles. The van der Waals surface area contributed by atoms with Crippen molar-refractivity contribution in [3.63, 3.8) is 0 Å². The minimum atomic E-state index is 0.444. The van der Waals surface area contributed by atoms with Crippen LogP contribution in [0, 0.1) is 6.92 Å². The van der Waals surface area contributed by atoms with Crippen LogP contribution >= 0.6 is 0 Å². The summed E-state index contributed by atoms with van der Waals surface area (Å²) < 4.78 is 10.1. The Morgan fingerprint density at radius 1 is 1.38 bits per heavy atom.